The Labute approximate surface area is 416 Å². The van der Waals surface area contributed by atoms with E-state index < -0.39 is 0 Å². The van der Waals surface area contributed by atoms with Crippen molar-refractivity contribution < 1.29 is 8.83 Å². The Kier molecular flexibility index (Phi) is 8.36. The summed E-state index contributed by atoms with van der Waals surface area (Å²) in [7, 11) is 0. The second-order valence-corrected chi connectivity index (χ2v) is 23.4. The Morgan fingerprint density at radius 3 is 1.68 bits per heavy atom. The van der Waals surface area contributed by atoms with Crippen molar-refractivity contribution in [1.29, 1.82) is 0 Å². The molecule has 0 radical (unpaired) electrons. The van der Waals surface area contributed by atoms with Gasteiger partial charge in [-0.05, 0) is 157 Å². The second kappa shape index (κ2) is 14.0. The van der Waals surface area contributed by atoms with E-state index >= 15 is 0 Å². The van der Waals surface area contributed by atoms with Crippen LogP contribution in [0.2, 0.25) is 0 Å². The van der Waals surface area contributed by atoms with E-state index in [4.69, 9.17) is 8.83 Å². The van der Waals surface area contributed by atoms with Crippen molar-refractivity contribution >= 4 is 60.9 Å². The smallest absolute Gasteiger partial charge is 0.143 e. The minimum Gasteiger partial charge on any atom is -0.456 e. The van der Waals surface area contributed by atoms with Crippen molar-refractivity contribution in [3.05, 3.63) is 208 Å². The van der Waals surface area contributed by atoms with E-state index in [1.165, 1.54) is 99.7 Å². The van der Waals surface area contributed by atoms with Crippen molar-refractivity contribution in [2.24, 2.45) is 0 Å². The average molecular weight is 920 g/mol. The van der Waals surface area contributed by atoms with Gasteiger partial charge in [0.25, 0.3) is 0 Å². The third-order valence-electron chi connectivity index (χ3n) is 17.0. The lowest BCUT2D eigenvalue weighted by Crippen LogP contribution is -2.21. The van der Waals surface area contributed by atoms with Gasteiger partial charge in [0.2, 0.25) is 0 Å². The molecule has 0 saturated heterocycles. The zero-order valence-electron chi connectivity index (χ0n) is 42.4. The molecule has 0 bridgehead atoms. The van der Waals surface area contributed by atoms with Crippen molar-refractivity contribution in [3.8, 4) is 44.5 Å². The molecule has 3 aliphatic carbocycles. The van der Waals surface area contributed by atoms with Crippen LogP contribution >= 0.6 is 0 Å². The van der Waals surface area contributed by atoms with Crippen molar-refractivity contribution in [2.45, 2.75) is 90.9 Å². The minimum atomic E-state index is -0.300. The van der Waals surface area contributed by atoms with Gasteiger partial charge in [0, 0.05) is 60.4 Å². The fraction of sp³-hybridized carbons (Fsp3) is 0.206. The summed E-state index contributed by atoms with van der Waals surface area (Å²) in [6.07, 6.45) is 0. The number of hydrogen-bond acceptors (Lipinski definition) is 3. The van der Waals surface area contributed by atoms with Crippen LogP contribution in [-0.4, -0.2) is 0 Å². The molecule has 3 heteroatoms. The fourth-order valence-electron chi connectivity index (χ4n) is 13.3. The highest BCUT2D eigenvalue weighted by Crippen LogP contribution is 2.60. The summed E-state index contributed by atoms with van der Waals surface area (Å²) < 4.78 is 13.3. The summed E-state index contributed by atoms with van der Waals surface area (Å²) in [4.78, 5) is 2.55. The number of fused-ring (bicyclic) bond motifs is 17. The third-order valence-corrected chi connectivity index (χ3v) is 17.0. The van der Waals surface area contributed by atoms with E-state index in [9.17, 15) is 0 Å². The van der Waals surface area contributed by atoms with Gasteiger partial charge in [-0.2, -0.15) is 0 Å². The second-order valence-electron chi connectivity index (χ2n) is 23.4. The van der Waals surface area contributed by atoms with E-state index in [-0.39, 0.29) is 21.7 Å². The first-order chi connectivity index (χ1) is 34.0. The summed E-state index contributed by atoms with van der Waals surface area (Å²) >= 11 is 0. The van der Waals surface area contributed by atoms with Gasteiger partial charge in [0.05, 0.1) is 0 Å². The maximum Gasteiger partial charge on any atom is 0.143 e. The number of nitrogens with zero attached hydrogens (tertiary/aromatic N) is 1. The van der Waals surface area contributed by atoms with Crippen molar-refractivity contribution in [2.75, 3.05) is 4.90 Å². The van der Waals surface area contributed by atoms with Gasteiger partial charge in [-0.15, -0.1) is 0 Å². The van der Waals surface area contributed by atoms with Crippen LogP contribution in [0.15, 0.2) is 173 Å². The highest BCUT2D eigenvalue weighted by atomic mass is 16.3. The number of rotatable bonds is 4. The lowest BCUT2D eigenvalue weighted by atomic mass is 9.79. The van der Waals surface area contributed by atoms with Gasteiger partial charge in [-0.25, -0.2) is 0 Å². The molecule has 0 aliphatic heterocycles. The Balaban J connectivity index is 0.960. The topological polar surface area (TPSA) is 29.5 Å². The number of para-hydroxylation sites is 2. The van der Waals surface area contributed by atoms with Gasteiger partial charge >= 0.3 is 0 Å². The molecule has 3 nitrogen and oxygen atoms in total. The van der Waals surface area contributed by atoms with Crippen molar-refractivity contribution in [1.82, 2.24) is 0 Å². The number of anilines is 3. The van der Waals surface area contributed by atoms with E-state index in [1.54, 1.807) is 0 Å². The third kappa shape index (κ3) is 5.66. The lowest BCUT2D eigenvalue weighted by Gasteiger charge is -2.34. The first kappa shape index (κ1) is 42.3. The molecule has 0 spiro atoms. The van der Waals surface area contributed by atoms with Gasteiger partial charge in [-0.3, -0.25) is 0 Å². The minimum absolute atomic E-state index is 0.116. The van der Waals surface area contributed by atoms with Crippen LogP contribution in [-0.2, 0) is 21.7 Å². The van der Waals surface area contributed by atoms with Crippen LogP contribution < -0.4 is 4.90 Å². The predicted molar refractivity (Wildman–Crippen MR) is 297 cm³/mol. The average Bonchev–Trinajstić information content (AvgIpc) is 4.11. The molecule has 0 saturated carbocycles. The molecule has 71 heavy (non-hydrogen) atoms. The first-order valence-corrected chi connectivity index (χ1v) is 25.4. The standard InChI is InChI=1S/C68H57NO2/c1-38-24-30-56(54(32-38)65(2,3)4)69(41-26-28-43-51(34-41)68(9,10)55-35-46(39-18-12-11-13-19-39)64-63(60(43)55)45-21-15-17-23-58(45)71-64)40-25-27-42-47-36-53-48(37-52(47)67(7,8)50(42)33-40)61-49(66(53,5)6)29-31-59-62(61)44-20-14-16-22-57(44)70-59/h11-37H,1-10H3. The molecular weight excluding hydrogens is 863 g/mol. The highest BCUT2D eigenvalue weighted by Gasteiger charge is 2.44. The molecule has 346 valence electrons. The predicted octanol–water partition coefficient (Wildman–Crippen LogP) is 19.1. The number of benzene rings is 9. The molecular formula is C68H57NO2. The van der Waals surface area contributed by atoms with Gasteiger partial charge in [0.15, 0.2) is 0 Å². The molecule has 3 aliphatic rings. The molecule has 14 rings (SSSR count). The summed E-state index contributed by atoms with van der Waals surface area (Å²) in [5.74, 6) is 0. The summed E-state index contributed by atoms with van der Waals surface area (Å²) in [6.45, 7) is 23.7. The number of aryl methyl sites for hydroxylation is 1. The molecule has 9 aromatic carbocycles. The van der Waals surface area contributed by atoms with Crippen LogP contribution in [0.1, 0.15) is 107 Å². The maximum absolute atomic E-state index is 6.82. The number of furan rings is 2. The van der Waals surface area contributed by atoms with E-state index in [1.807, 2.05) is 0 Å². The SMILES string of the molecule is Cc1ccc(N(c2ccc3c(c2)C(C)(C)c2cc4c(cc2-3)C(C)(C)c2ccc3oc5ccccc5c3c2-4)c2ccc3c(c2)C(C)(C)c2cc(-c4ccccc4)c4oc5ccccc5c4c2-3)c(C(C)(C)C)c1. The molecule has 0 unspecified atom stereocenters. The summed E-state index contributed by atoms with van der Waals surface area (Å²) in [5, 5.41) is 4.76. The molecule has 2 aromatic heterocycles. The quantitative estimate of drug-likeness (QED) is 0.176. The normalized spacial score (nSPS) is 15.5. The Hall–Kier alpha value is -7.62. The van der Waals surface area contributed by atoms with E-state index in [0.29, 0.717) is 0 Å². The summed E-state index contributed by atoms with van der Waals surface area (Å²) in [6, 6.07) is 61.4. The van der Waals surface area contributed by atoms with Crippen LogP contribution in [0.5, 0.6) is 0 Å². The van der Waals surface area contributed by atoms with Crippen LogP contribution in [0.3, 0.4) is 0 Å². The Bertz CT molecular complexity index is 4130. The maximum atomic E-state index is 6.82. The fourth-order valence-corrected chi connectivity index (χ4v) is 13.3. The monoisotopic (exact) mass is 919 g/mol. The van der Waals surface area contributed by atoms with Crippen LogP contribution in [0, 0.1) is 6.92 Å². The van der Waals surface area contributed by atoms with Crippen LogP contribution in [0.4, 0.5) is 17.1 Å². The Morgan fingerprint density at radius 1 is 0.408 bits per heavy atom. The molecule has 2 heterocycles. The molecule has 0 atom stereocenters. The van der Waals surface area contributed by atoms with Gasteiger partial charge < -0.3 is 13.7 Å². The largest absolute Gasteiger partial charge is 0.456 e. The zero-order valence-corrected chi connectivity index (χ0v) is 42.4. The summed E-state index contributed by atoms with van der Waals surface area (Å²) in [5.41, 5.74) is 27.3. The number of hydrogen-bond donors (Lipinski definition) is 0. The van der Waals surface area contributed by atoms with E-state index in [2.05, 4.69) is 238 Å². The highest BCUT2D eigenvalue weighted by molar-refractivity contribution is 6.19. The zero-order chi connectivity index (χ0) is 48.7. The molecule has 0 N–H and O–H groups in total. The van der Waals surface area contributed by atoms with Gasteiger partial charge in [0.1, 0.15) is 22.3 Å². The van der Waals surface area contributed by atoms with Gasteiger partial charge in [-0.1, -0.05) is 165 Å². The Morgan fingerprint density at radius 2 is 0.958 bits per heavy atom. The first-order valence-electron chi connectivity index (χ1n) is 25.4. The molecule has 11 aromatic rings. The van der Waals surface area contributed by atoms with Crippen molar-refractivity contribution in [3.63, 3.8) is 0 Å². The lowest BCUT2D eigenvalue weighted by molar-refractivity contribution is 0.590. The molecule has 0 amide bonds. The van der Waals surface area contributed by atoms with Crippen LogP contribution in [0.25, 0.3) is 88.4 Å². The van der Waals surface area contributed by atoms with E-state index in [0.717, 1.165) is 50.2 Å². The molecule has 0 fully saturated rings.